The van der Waals surface area contributed by atoms with E-state index >= 15 is 0 Å². The Balaban J connectivity index is 2.05. The van der Waals surface area contributed by atoms with Crippen molar-refractivity contribution in [1.29, 1.82) is 0 Å². The SMILES string of the molecule is CCCCOP(=O)(OOc1ccc(C)cc1)Oc1ccc(C)cc1. The van der Waals surface area contributed by atoms with Crippen molar-refractivity contribution in [2.75, 3.05) is 6.61 Å². The Hall–Kier alpha value is -1.81. The van der Waals surface area contributed by atoms with Gasteiger partial charge in [0.15, 0.2) is 5.75 Å². The lowest BCUT2D eigenvalue weighted by molar-refractivity contribution is -0.125. The summed E-state index contributed by atoms with van der Waals surface area (Å²) in [6, 6.07) is 14.3. The fourth-order valence-electron chi connectivity index (χ4n) is 1.79. The van der Waals surface area contributed by atoms with Crippen LogP contribution in [0, 0.1) is 13.8 Å². The van der Waals surface area contributed by atoms with Gasteiger partial charge < -0.3 is 9.41 Å². The fourth-order valence-corrected chi connectivity index (χ4v) is 2.83. The third-order valence-electron chi connectivity index (χ3n) is 3.23. The van der Waals surface area contributed by atoms with Crippen LogP contribution < -0.4 is 9.41 Å². The van der Waals surface area contributed by atoms with Crippen molar-refractivity contribution in [2.45, 2.75) is 33.6 Å². The van der Waals surface area contributed by atoms with E-state index < -0.39 is 7.82 Å². The molecule has 0 bridgehead atoms. The zero-order valence-corrected chi connectivity index (χ0v) is 15.1. The van der Waals surface area contributed by atoms with Gasteiger partial charge in [0.2, 0.25) is 0 Å². The van der Waals surface area contributed by atoms with Crippen molar-refractivity contribution in [3.8, 4) is 11.5 Å². The molecule has 0 radical (unpaired) electrons. The van der Waals surface area contributed by atoms with Crippen LogP contribution in [0.2, 0.25) is 0 Å². The van der Waals surface area contributed by atoms with Crippen molar-refractivity contribution in [3.63, 3.8) is 0 Å². The average molecular weight is 350 g/mol. The van der Waals surface area contributed by atoms with E-state index in [1.54, 1.807) is 24.3 Å². The van der Waals surface area contributed by atoms with Gasteiger partial charge in [-0.2, -0.15) is 0 Å². The molecule has 5 nitrogen and oxygen atoms in total. The van der Waals surface area contributed by atoms with Gasteiger partial charge in [0, 0.05) is 0 Å². The molecule has 0 amide bonds. The molecule has 24 heavy (non-hydrogen) atoms. The van der Waals surface area contributed by atoms with Crippen LogP contribution in [-0.2, 0) is 13.8 Å². The molecule has 0 N–H and O–H groups in total. The second kappa shape index (κ2) is 8.88. The minimum absolute atomic E-state index is 0.261. The molecule has 2 aromatic carbocycles. The van der Waals surface area contributed by atoms with Gasteiger partial charge in [-0.25, -0.2) is 4.57 Å². The number of aryl methyl sites for hydroxylation is 2. The van der Waals surface area contributed by atoms with Crippen molar-refractivity contribution in [2.24, 2.45) is 0 Å². The third kappa shape index (κ3) is 6.00. The second-order valence-electron chi connectivity index (χ2n) is 5.51. The summed E-state index contributed by atoms with van der Waals surface area (Å²) in [7, 11) is -3.89. The smallest absolute Gasteiger partial charge is 0.402 e. The second-order valence-corrected chi connectivity index (χ2v) is 6.99. The number of phosphoric acid groups is 1. The zero-order chi connectivity index (χ0) is 17.4. The molecule has 0 aliphatic heterocycles. The minimum atomic E-state index is -3.89. The summed E-state index contributed by atoms with van der Waals surface area (Å²) in [4.78, 5) is 5.14. The first-order valence-electron chi connectivity index (χ1n) is 7.94. The summed E-state index contributed by atoms with van der Waals surface area (Å²) in [5, 5.41) is 0. The molecule has 0 heterocycles. The molecule has 1 atom stereocenters. The van der Waals surface area contributed by atoms with Crippen LogP contribution in [0.4, 0.5) is 0 Å². The van der Waals surface area contributed by atoms with Gasteiger partial charge in [-0.05, 0) is 44.5 Å². The summed E-state index contributed by atoms with van der Waals surface area (Å²) in [5.41, 5.74) is 2.15. The number of hydrogen-bond donors (Lipinski definition) is 0. The topological polar surface area (TPSA) is 54.0 Å². The van der Waals surface area contributed by atoms with E-state index in [2.05, 4.69) is 0 Å². The lowest BCUT2D eigenvalue weighted by Crippen LogP contribution is -2.06. The van der Waals surface area contributed by atoms with Gasteiger partial charge in [-0.3, -0.25) is 4.52 Å². The van der Waals surface area contributed by atoms with E-state index in [1.165, 1.54) is 0 Å². The molecule has 130 valence electrons. The maximum absolute atomic E-state index is 12.8. The number of hydrogen-bond acceptors (Lipinski definition) is 5. The summed E-state index contributed by atoms with van der Waals surface area (Å²) in [6.45, 7) is 6.19. The summed E-state index contributed by atoms with van der Waals surface area (Å²) in [6.07, 6.45) is 1.65. The highest BCUT2D eigenvalue weighted by Gasteiger charge is 2.31. The summed E-state index contributed by atoms with van der Waals surface area (Å²) < 4.78 is 28.6. The molecule has 0 aliphatic carbocycles. The van der Waals surface area contributed by atoms with Gasteiger partial charge in [0.1, 0.15) is 5.75 Å². The maximum atomic E-state index is 12.8. The Morgan fingerprint density at radius 3 is 1.96 bits per heavy atom. The Bertz CT molecular complexity index is 667. The molecule has 0 saturated heterocycles. The lowest BCUT2D eigenvalue weighted by Gasteiger charge is -2.17. The maximum Gasteiger partial charge on any atom is 0.566 e. The van der Waals surface area contributed by atoms with Crippen molar-refractivity contribution in [3.05, 3.63) is 59.7 Å². The lowest BCUT2D eigenvalue weighted by atomic mass is 10.2. The van der Waals surface area contributed by atoms with E-state index in [-0.39, 0.29) is 6.61 Å². The highest BCUT2D eigenvalue weighted by molar-refractivity contribution is 7.48. The number of unbranched alkanes of at least 4 members (excludes halogenated alkanes) is 1. The van der Waals surface area contributed by atoms with E-state index in [4.69, 9.17) is 18.6 Å². The first-order valence-corrected chi connectivity index (χ1v) is 9.40. The van der Waals surface area contributed by atoms with E-state index in [0.29, 0.717) is 11.5 Å². The normalized spacial score (nSPS) is 13.3. The highest BCUT2D eigenvalue weighted by Crippen LogP contribution is 2.49. The molecule has 0 aromatic heterocycles. The molecular formula is C18H23O5P. The molecule has 1 unspecified atom stereocenters. The predicted octanol–water partition coefficient (Wildman–Crippen LogP) is 5.62. The molecular weight excluding hydrogens is 327 g/mol. The van der Waals surface area contributed by atoms with Gasteiger partial charge in [-0.1, -0.05) is 53.4 Å². The fraction of sp³-hybridized carbons (Fsp3) is 0.333. The summed E-state index contributed by atoms with van der Waals surface area (Å²) in [5.74, 6) is 0.820. The van der Waals surface area contributed by atoms with Crippen LogP contribution in [0.5, 0.6) is 11.5 Å². The molecule has 0 saturated carbocycles. The van der Waals surface area contributed by atoms with E-state index in [0.717, 1.165) is 24.0 Å². The van der Waals surface area contributed by atoms with Crippen LogP contribution >= 0.6 is 7.82 Å². The molecule has 0 aliphatic rings. The van der Waals surface area contributed by atoms with Crippen LogP contribution in [-0.4, -0.2) is 6.61 Å². The first-order chi connectivity index (χ1) is 11.5. The van der Waals surface area contributed by atoms with Crippen molar-refractivity contribution in [1.82, 2.24) is 0 Å². The van der Waals surface area contributed by atoms with Crippen LogP contribution in [0.1, 0.15) is 30.9 Å². The number of rotatable bonds is 9. The average Bonchev–Trinajstić information content (AvgIpc) is 2.57. The standard InChI is InChI=1S/C18H23O5P/c1-4-5-14-20-24(19,22-18-12-8-16(3)9-13-18)23-21-17-10-6-15(2)7-11-17/h6-13H,4-5,14H2,1-3H3. The van der Waals surface area contributed by atoms with Crippen LogP contribution in [0.3, 0.4) is 0 Å². The quantitative estimate of drug-likeness (QED) is 0.254. The monoisotopic (exact) mass is 350 g/mol. The van der Waals surface area contributed by atoms with Crippen LogP contribution in [0.15, 0.2) is 48.5 Å². The Kier molecular flexibility index (Phi) is 6.85. The molecule has 2 rings (SSSR count). The number of phosphoric ester groups is 1. The Morgan fingerprint density at radius 2 is 1.42 bits per heavy atom. The van der Waals surface area contributed by atoms with Gasteiger partial charge >= 0.3 is 7.82 Å². The minimum Gasteiger partial charge on any atom is -0.402 e. The van der Waals surface area contributed by atoms with E-state index in [1.807, 2.05) is 45.0 Å². The number of benzene rings is 2. The molecule has 6 heteroatoms. The highest BCUT2D eigenvalue weighted by atomic mass is 31.2. The predicted molar refractivity (Wildman–Crippen MR) is 93.2 cm³/mol. The zero-order valence-electron chi connectivity index (χ0n) is 14.2. The van der Waals surface area contributed by atoms with Crippen LogP contribution in [0.25, 0.3) is 0 Å². The van der Waals surface area contributed by atoms with Gasteiger partial charge in [-0.15, -0.1) is 0 Å². The molecule has 0 spiro atoms. The van der Waals surface area contributed by atoms with Gasteiger partial charge in [0.25, 0.3) is 0 Å². The van der Waals surface area contributed by atoms with Gasteiger partial charge in [0.05, 0.1) is 6.61 Å². The third-order valence-corrected chi connectivity index (χ3v) is 4.42. The summed E-state index contributed by atoms with van der Waals surface area (Å²) >= 11 is 0. The first kappa shape index (κ1) is 18.5. The van der Waals surface area contributed by atoms with E-state index in [9.17, 15) is 4.57 Å². The van der Waals surface area contributed by atoms with Crippen molar-refractivity contribution >= 4 is 7.82 Å². The molecule has 2 aromatic rings. The van der Waals surface area contributed by atoms with Crippen molar-refractivity contribution < 1.29 is 23.2 Å². The largest absolute Gasteiger partial charge is 0.566 e. The Morgan fingerprint density at radius 1 is 0.875 bits per heavy atom. The molecule has 0 fully saturated rings. The Labute approximate surface area is 143 Å².